The van der Waals surface area contributed by atoms with Crippen LogP contribution in [0.5, 0.6) is 0 Å². The second-order valence-corrected chi connectivity index (χ2v) is 13.1. The Morgan fingerprint density at radius 1 is 1.21 bits per heavy atom. The van der Waals surface area contributed by atoms with Crippen LogP contribution in [0.2, 0.25) is 0 Å². The molecule has 0 radical (unpaired) electrons. The molecule has 14 heteroatoms. The van der Waals surface area contributed by atoms with Crippen molar-refractivity contribution >= 4 is 50.6 Å². The Balaban J connectivity index is 1.20. The average Bonchev–Trinajstić information content (AvgIpc) is 3.65. The van der Waals surface area contributed by atoms with Crippen LogP contribution >= 0.6 is 23.1 Å². The van der Waals surface area contributed by atoms with Crippen molar-refractivity contribution in [1.82, 2.24) is 29.7 Å². The minimum absolute atomic E-state index is 0.0651. The van der Waals surface area contributed by atoms with Crippen LogP contribution < -0.4 is 15.1 Å². The van der Waals surface area contributed by atoms with E-state index in [-0.39, 0.29) is 29.3 Å². The number of fused-ring (bicyclic) bond motifs is 1. The molecule has 3 aliphatic rings. The number of β-amino-alcohol motifs (C(OH)–C–C–N with tert-alkyl or cyclic N) is 1. The van der Waals surface area contributed by atoms with Gasteiger partial charge in [-0.15, -0.1) is 5.10 Å². The number of nitrogens with zero attached hydrogens (tertiary/aromatic N) is 8. The molecule has 1 aromatic carbocycles. The molecule has 2 aromatic heterocycles. The van der Waals surface area contributed by atoms with Crippen LogP contribution in [0, 0.1) is 17.1 Å². The van der Waals surface area contributed by atoms with E-state index in [4.69, 9.17) is 10.1 Å². The molecule has 11 nitrogen and oxygen atoms in total. The number of nitriles is 1. The van der Waals surface area contributed by atoms with Gasteiger partial charge in [0, 0.05) is 45.3 Å². The number of piperazine rings is 1. The second-order valence-electron chi connectivity index (χ2n) is 11.1. The molecule has 6 rings (SSSR count). The van der Waals surface area contributed by atoms with Gasteiger partial charge in [0.05, 0.1) is 24.0 Å². The van der Waals surface area contributed by atoms with E-state index < -0.39 is 6.10 Å². The fourth-order valence-corrected chi connectivity index (χ4v) is 7.71. The Hall–Kier alpha value is -3.38. The zero-order chi connectivity index (χ0) is 29.7. The first-order valence-electron chi connectivity index (χ1n) is 14.1. The highest BCUT2D eigenvalue weighted by Crippen LogP contribution is 2.39. The van der Waals surface area contributed by atoms with E-state index >= 15 is 0 Å². The third-order valence-electron chi connectivity index (χ3n) is 8.13. The summed E-state index contributed by atoms with van der Waals surface area (Å²) in [5.74, 6) is 0.603. The number of aryl methyl sites for hydroxylation is 1. The smallest absolute Gasteiger partial charge is 0.236 e. The fourth-order valence-electron chi connectivity index (χ4n) is 5.68. The molecule has 0 saturated carbocycles. The van der Waals surface area contributed by atoms with Gasteiger partial charge >= 0.3 is 0 Å². The van der Waals surface area contributed by atoms with Crippen LogP contribution in [-0.4, -0.2) is 98.9 Å². The summed E-state index contributed by atoms with van der Waals surface area (Å²) in [7, 11) is 1.96. The summed E-state index contributed by atoms with van der Waals surface area (Å²) < 4.78 is 15.4. The third-order valence-corrected chi connectivity index (χ3v) is 10.3. The molecule has 2 fully saturated rings. The standard InChI is InChI=1S/C28H34FN9O2S2/c1-5-21-25(34(4)26-32-24(22(10-30)41-26)18-6-8-19(29)9-7-18)38-27(31-21)42-28(33-38)37-12-16(2)35(11-17(37)3)15-23(40)36-13-20(39)14-36/h6-9,16-17,20,26,32,39H,5,11-15H2,1-4H3/t16-,17-,26?/m1/s1. The summed E-state index contributed by atoms with van der Waals surface area (Å²) in [5, 5.41) is 28.7. The lowest BCUT2D eigenvalue weighted by Crippen LogP contribution is -2.61. The summed E-state index contributed by atoms with van der Waals surface area (Å²) in [6.45, 7) is 9.01. The number of thioether (sulfide) groups is 1. The quantitative estimate of drug-likeness (QED) is 0.413. The maximum absolute atomic E-state index is 13.5. The van der Waals surface area contributed by atoms with E-state index in [1.165, 1.54) is 23.9 Å². The van der Waals surface area contributed by atoms with Crippen LogP contribution in [-0.2, 0) is 11.2 Å². The van der Waals surface area contributed by atoms with Gasteiger partial charge in [0.2, 0.25) is 16.0 Å². The van der Waals surface area contributed by atoms with E-state index in [1.54, 1.807) is 28.4 Å². The van der Waals surface area contributed by atoms with Gasteiger partial charge in [0.1, 0.15) is 16.8 Å². The number of hydrogen-bond donors (Lipinski definition) is 2. The molecule has 1 amide bonds. The molecule has 1 unspecified atom stereocenters. The van der Waals surface area contributed by atoms with Gasteiger partial charge in [-0.25, -0.2) is 9.37 Å². The molecule has 2 saturated heterocycles. The number of hydrogen-bond acceptors (Lipinski definition) is 11. The first-order valence-corrected chi connectivity index (χ1v) is 15.8. The third kappa shape index (κ3) is 5.19. The van der Waals surface area contributed by atoms with E-state index in [2.05, 4.69) is 46.9 Å². The summed E-state index contributed by atoms with van der Waals surface area (Å²) in [5.41, 5.74) is 2.08. The van der Waals surface area contributed by atoms with E-state index in [1.807, 2.05) is 11.6 Å². The fraction of sp³-hybridized carbons (Fsp3) is 0.500. The van der Waals surface area contributed by atoms with Gasteiger partial charge in [-0.3, -0.25) is 9.69 Å². The number of benzene rings is 1. The van der Waals surface area contributed by atoms with Crippen molar-refractivity contribution in [3.63, 3.8) is 0 Å². The first-order chi connectivity index (χ1) is 20.2. The molecule has 42 heavy (non-hydrogen) atoms. The predicted molar refractivity (Wildman–Crippen MR) is 163 cm³/mol. The van der Waals surface area contributed by atoms with Crippen LogP contribution in [0.15, 0.2) is 29.2 Å². The van der Waals surface area contributed by atoms with Crippen molar-refractivity contribution in [2.24, 2.45) is 0 Å². The Morgan fingerprint density at radius 2 is 1.95 bits per heavy atom. The Bertz CT molecular complexity index is 1560. The lowest BCUT2D eigenvalue weighted by atomic mass is 10.1. The number of likely N-dealkylation sites (tertiary alicyclic amines) is 1. The minimum atomic E-state index is -0.396. The number of carbonyl (C=O) groups excluding carboxylic acids is 1. The SMILES string of the molecule is CCc1nc2sc(N3C[C@@H](C)N(CC(=O)N4CC(O)C4)C[C@H]3C)nn2c1N(C)C1NC(c2ccc(F)cc2)=C(C#N)S1. The monoisotopic (exact) mass is 611 g/mol. The number of carbonyl (C=O) groups is 1. The number of anilines is 2. The molecular weight excluding hydrogens is 578 g/mol. The van der Waals surface area contributed by atoms with Gasteiger partial charge in [0.15, 0.2) is 11.3 Å². The zero-order valence-corrected chi connectivity index (χ0v) is 25.6. The average molecular weight is 612 g/mol. The normalized spacial score (nSPS) is 23.3. The highest BCUT2D eigenvalue weighted by molar-refractivity contribution is 8.04. The maximum Gasteiger partial charge on any atom is 0.236 e. The van der Waals surface area contributed by atoms with Gasteiger partial charge < -0.3 is 25.1 Å². The molecule has 2 N–H and O–H groups in total. The van der Waals surface area contributed by atoms with Crippen molar-refractivity contribution in [1.29, 1.82) is 5.26 Å². The Labute approximate surface area is 252 Å². The number of imidazole rings is 1. The number of aromatic nitrogens is 3. The number of rotatable bonds is 7. The zero-order valence-electron chi connectivity index (χ0n) is 24.0. The van der Waals surface area contributed by atoms with Crippen LogP contribution in [0.3, 0.4) is 0 Å². The molecule has 0 spiro atoms. The van der Waals surface area contributed by atoms with Crippen LogP contribution in [0.4, 0.5) is 15.3 Å². The molecule has 3 aromatic rings. The summed E-state index contributed by atoms with van der Waals surface area (Å²) in [4.78, 5) is 27.2. The molecule has 0 bridgehead atoms. The highest BCUT2D eigenvalue weighted by atomic mass is 32.2. The molecule has 0 aliphatic carbocycles. The first kappa shape index (κ1) is 28.7. The van der Waals surface area contributed by atoms with Crippen LogP contribution in [0.25, 0.3) is 10.7 Å². The van der Waals surface area contributed by atoms with E-state index in [0.717, 1.165) is 46.7 Å². The molecule has 3 atom stereocenters. The van der Waals surface area contributed by atoms with Gasteiger partial charge in [-0.05, 0) is 50.1 Å². The highest BCUT2D eigenvalue weighted by Gasteiger charge is 2.36. The maximum atomic E-state index is 13.5. The number of allylic oxidation sites excluding steroid dienone is 1. The van der Waals surface area contributed by atoms with Gasteiger partial charge in [-0.1, -0.05) is 30.0 Å². The lowest BCUT2D eigenvalue weighted by molar-refractivity contribution is -0.143. The number of aliphatic hydroxyl groups excluding tert-OH is 1. The number of nitrogens with one attached hydrogen (secondary N) is 1. The summed E-state index contributed by atoms with van der Waals surface area (Å²) in [6, 6.07) is 8.72. The molecule has 5 heterocycles. The predicted octanol–water partition coefficient (Wildman–Crippen LogP) is 2.54. The van der Waals surface area contributed by atoms with Crippen molar-refractivity contribution in [3.8, 4) is 6.07 Å². The molecule has 3 aliphatic heterocycles. The lowest BCUT2D eigenvalue weighted by Gasteiger charge is -2.45. The van der Waals surface area contributed by atoms with E-state index in [9.17, 15) is 19.6 Å². The van der Waals surface area contributed by atoms with Crippen LogP contribution in [0.1, 0.15) is 32.0 Å². The van der Waals surface area contributed by atoms with Crippen molar-refractivity contribution in [2.75, 3.05) is 49.6 Å². The number of amides is 1. The molecular formula is C28H34FN9O2S2. The Kier molecular flexibility index (Phi) is 7.77. The van der Waals surface area contributed by atoms with Gasteiger partial charge in [0.25, 0.3) is 0 Å². The van der Waals surface area contributed by atoms with Gasteiger partial charge in [-0.2, -0.15) is 9.78 Å². The number of halogens is 1. The summed E-state index contributed by atoms with van der Waals surface area (Å²) in [6.07, 6.45) is 0.327. The van der Waals surface area contributed by atoms with E-state index in [0.29, 0.717) is 30.2 Å². The minimum Gasteiger partial charge on any atom is -0.389 e. The summed E-state index contributed by atoms with van der Waals surface area (Å²) >= 11 is 2.96. The largest absolute Gasteiger partial charge is 0.389 e. The second kappa shape index (κ2) is 11.4. The van der Waals surface area contributed by atoms with Crippen molar-refractivity contribution in [2.45, 2.75) is 50.9 Å². The van der Waals surface area contributed by atoms with Crippen molar-refractivity contribution in [3.05, 3.63) is 46.2 Å². The Morgan fingerprint density at radius 3 is 2.62 bits per heavy atom. The number of aliphatic hydroxyl groups is 1. The topological polar surface area (TPSA) is 116 Å². The van der Waals surface area contributed by atoms with Crippen molar-refractivity contribution < 1.29 is 14.3 Å². The molecule has 222 valence electrons.